The van der Waals surface area contributed by atoms with E-state index in [9.17, 15) is 4.79 Å². The van der Waals surface area contributed by atoms with Crippen molar-refractivity contribution in [1.29, 1.82) is 0 Å². The van der Waals surface area contributed by atoms with Gasteiger partial charge in [0.1, 0.15) is 0 Å². The molecule has 0 aromatic carbocycles. The number of unbranched alkanes of at least 4 members (excludes halogenated alkanes) is 2. The number of hydrogen-bond acceptors (Lipinski definition) is 4. The van der Waals surface area contributed by atoms with Crippen molar-refractivity contribution in [3.8, 4) is 0 Å². The lowest BCUT2D eigenvalue weighted by molar-refractivity contribution is -0.870. The zero-order valence-corrected chi connectivity index (χ0v) is 11.4. The van der Waals surface area contributed by atoms with Crippen LogP contribution in [0.1, 0.15) is 32.1 Å². The van der Waals surface area contributed by atoms with Crippen LogP contribution in [0.4, 0.5) is 0 Å². The second-order valence-electron chi connectivity index (χ2n) is 5.43. The smallest absolute Gasteiger partial charge is 0.307 e. The maximum absolute atomic E-state index is 11.3. The number of nitrogens with two attached hydrogens (primary N) is 2. The summed E-state index contributed by atoms with van der Waals surface area (Å²) in [6.45, 7) is 1.57. The molecule has 0 aromatic heterocycles. The minimum atomic E-state index is -0.543. The molecule has 0 bridgehead atoms. The van der Waals surface area contributed by atoms with Crippen LogP contribution in [0.5, 0.6) is 0 Å². The van der Waals surface area contributed by atoms with Crippen LogP contribution >= 0.6 is 0 Å². The van der Waals surface area contributed by atoms with E-state index < -0.39 is 6.23 Å². The van der Waals surface area contributed by atoms with E-state index in [0.717, 1.165) is 30.3 Å². The highest BCUT2D eigenvalue weighted by molar-refractivity contribution is 5.69. The first-order valence-electron chi connectivity index (χ1n) is 6.31. The molecule has 1 atom stereocenters. The van der Waals surface area contributed by atoms with Crippen molar-refractivity contribution in [2.24, 2.45) is 11.5 Å². The van der Waals surface area contributed by atoms with E-state index in [0.29, 0.717) is 19.4 Å². The number of carbonyl (C=O) groups is 1. The quantitative estimate of drug-likeness (QED) is 0.268. The molecule has 0 heterocycles. The van der Waals surface area contributed by atoms with E-state index in [1.165, 1.54) is 0 Å². The van der Waals surface area contributed by atoms with Gasteiger partial charge in [0.2, 0.25) is 0 Å². The van der Waals surface area contributed by atoms with Gasteiger partial charge < -0.3 is 15.0 Å². The molecule has 1 unspecified atom stereocenters. The highest BCUT2D eigenvalue weighted by atomic mass is 16.6. The Kier molecular flexibility index (Phi) is 8.12. The van der Waals surface area contributed by atoms with E-state index in [4.69, 9.17) is 16.2 Å². The zero-order valence-electron chi connectivity index (χ0n) is 11.4. The lowest BCUT2D eigenvalue weighted by atomic mass is 10.2. The van der Waals surface area contributed by atoms with Crippen LogP contribution in [0.3, 0.4) is 0 Å². The zero-order chi connectivity index (χ0) is 13.3. The molecule has 0 aromatic rings. The molecule has 17 heavy (non-hydrogen) atoms. The third-order valence-corrected chi connectivity index (χ3v) is 2.44. The molecule has 0 fully saturated rings. The van der Waals surface area contributed by atoms with Gasteiger partial charge in [-0.2, -0.15) is 0 Å². The summed E-state index contributed by atoms with van der Waals surface area (Å²) in [5.74, 6) is -0.212. The Morgan fingerprint density at radius 1 is 1.24 bits per heavy atom. The Balaban J connectivity index is 3.46. The topological polar surface area (TPSA) is 78.3 Å². The molecule has 5 nitrogen and oxygen atoms in total. The summed E-state index contributed by atoms with van der Waals surface area (Å²) in [6.07, 6.45) is 3.48. The minimum Gasteiger partial charge on any atom is -0.447 e. The number of rotatable bonds is 9. The van der Waals surface area contributed by atoms with Crippen molar-refractivity contribution in [3.63, 3.8) is 0 Å². The van der Waals surface area contributed by atoms with Gasteiger partial charge in [0, 0.05) is 12.8 Å². The van der Waals surface area contributed by atoms with E-state index in [2.05, 4.69) is 21.1 Å². The molecular weight excluding hydrogens is 218 g/mol. The van der Waals surface area contributed by atoms with E-state index in [-0.39, 0.29) is 5.97 Å². The summed E-state index contributed by atoms with van der Waals surface area (Å²) in [7, 11) is 6.50. The minimum absolute atomic E-state index is 0.212. The second kappa shape index (κ2) is 8.44. The summed E-state index contributed by atoms with van der Waals surface area (Å²) < 4.78 is 5.96. The SMILES string of the molecule is C[N+](C)(C)CCCCCC(=O)OC(N)CCN. The number of nitrogens with zero attached hydrogens (tertiary/aromatic N) is 1. The largest absolute Gasteiger partial charge is 0.447 e. The first kappa shape index (κ1) is 16.4. The second-order valence-corrected chi connectivity index (χ2v) is 5.43. The van der Waals surface area contributed by atoms with Crippen molar-refractivity contribution in [2.45, 2.75) is 38.3 Å². The molecular formula is C12H28N3O2+. The standard InChI is InChI=1S/C12H28N3O2/c1-15(2,3)10-6-4-5-7-12(16)17-11(14)8-9-13/h11H,4-10,13-14H2,1-3H3/q+1. The Labute approximate surface area is 105 Å². The van der Waals surface area contributed by atoms with E-state index in [1.54, 1.807) is 0 Å². The van der Waals surface area contributed by atoms with Crippen molar-refractivity contribution in [3.05, 3.63) is 0 Å². The highest BCUT2D eigenvalue weighted by Crippen LogP contribution is 2.05. The molecule has 102 valence electrons. The van der Waals surface area contributed by atoms with Crippen LogP contribution in [0.25, 0.3) is 0 Å². The lowest BCUT2D eigenvalue weighted by Gasteiger charge is -2.23. The van der Waals surface area contributed by atoms with Gasteiger partial charge in [-0.15, -0.1) is 0 Å². The third kappa shape index (κ3) is 11.6. The summed E-state index contributed by atoms with van der Waals surface area (Å²) in [5, 5.41) is 0. The predicted octanol–water partition coefficient (Wildman–Crippen LogP) is 0.430. The molecule has 0 radical (unpaired) electrons. The summed E-state index contributed by atoms with van der Waals surface area (Å²) in [5.41, 5.74) is 10.9. The van der Waals surface area contributed by atoms with Crippen LogP contribution in [-0.4, -0.2) is 50.9 Å². The molecule has 0 rings (SSSR count). The lowest BCUT2D eigenvalue weighted by Crippen LogP contribution is -2.35. The molecule has 5 heteroatoms. The molecule has 0 aliphatic rings. The first-order chi connectivity index (χ1) is 7.85. The first-order valence-corrected chi connectivity index (χ1v) is 6.31. The Hall–Kier alpha value is -0.650. The average Bonchev–Trinajstić information content (AvgIpc) is 2.15. The summed E-state index contributed by atoms with van der Waals surface area (Å²) in [4.78, 5) is 11.3. The van der Waals surface area contributed by atoms with Crippen molar-refractivity contribution in [1.82, 2.24) is 0 Å². The number of quaternary nitrogens is 1. The Bertz CT molecular complexity index is 214. The van der Waals surface area contributed by atoms with Crippen LogP contribution in [-0.2, 0) is 9.53 Å². The van der Waals surface area contributed by atoms with E-state index >= 15 is 0 Å². The van der Waals surface area contributed by atoms with Gasteiger partial charge in [0.25, 0.3) is 0 Å². The Morgan fingerprint density at radius 3 is 2.41 bits per heavy atom. The molecule has 0 aliphatic heterocycles. The number of esters is 1. The van der Waals surface area contributed by atoms with Gasteiger partial charge in [-0.3, -0.25) is 10.5 Å². The third-order valence-electron chi connectivity index (χ3n) is 2.44. The van der Waals surface area contributed by atoms with Gasteiger partial charge in [-0.1, -0.05) is 0 Å². The molecule has 0 saturated heterocycles. The van der Waals surface area contributed by atoms with Crippen LogP contribution < -0.4 is 11.5 Å². The van der Waals surface area contributed by atoms with Crippen LogP contribution in [0, 0.1) is 0 Å². The van der Waals surface area contributed by atoms with Crippen molar-refractivity contribution < 1.29 is 14.0 Å². The summed E-state index contributed by atoms with van der Waals surface area (Å²) >= 11 is 0. The van der Waals surface area contributed by atoms with Crippen molar-refractivity contribution in [2.75, 3.05) is 34.2 Å². The molecule has 0 spiro atoms. The summed E-state index contributed by atoms with van der Waals surface area (Å²) in [6, 6.07) is 0. The maximum atomic E-state index is 11.3. The molecule has 4 N–H and O–H groups in total. The average molecular weight is 246 g/mol. The fourth-order valence-electron chi connectivity index (χ4n) is 1.48. The highest BCUT2D eigenvalue weighted by Gasteiger charge is 2.09. The van der Waals surface area contributed by atoms with Gasteiger partial charge in [-0.25, -0.2) is 0 Å². The molecule has 0 saturated carbocycles. The molecule has 0 amide bonds. The predicted molar refractivity (Wildman–Crippen MR) is 69.1 cm³/mol. The van der Waals surface area contributed by atoms with Gasteiger partial charge in [0.15, 0.2) is 6.23 Å². The maximum Gasteiger partial charge on any atom is 0.307 e. The molecule has 0 aliphatic carbocycles. The monoisotopic (exact) mass is 246 g/mol. The number of hydrogen-bond donors (Lipinski definition) is 2. The van der Waals surface area contributed by atoms with Crippen LogP contribution in [0.15, 0.2) is 0 Å². The van der Waals surface area contributed by atoms with Gasteiger partial charge >= 0.3 is 5.97 Å². The fraction of sp³-hybridized carbons (Fsp3) is 0.917. The van der Waals surface area contributed by atoms with Gasteiger partial charge in [0.05, 0.1) is 27.7 Å². The van der Waals surface area contributed by atoms with Crippen LogP contribution in [0.2, 0.25) is 0 Å². The normalized spacial score (nSPS) is 13.5. The fourth-order valence-corrected chi connectivity index (χ4v) is 1.48. The van der Waals surface area contributed by atoms with Gasteiger partial charge in [-0.05, 0) is 25.8 Å². The Morgan fingerprint density at radius 2 is 1.88 bits per heavy atom. The van der Waals surface area contributed by atoms with Crippen molar-refractivity contribution >= 4 is 5.97 Å². The number of carbonyl (C=O) groups excluding carboxylic acids is 1. The number of ether oxygens (including phenoxy) is 1. The van der Waals surface area contributed by atoms with E-state index in [1.807, 2.05) is 0 Å².